The zero-order valence-corrected chi connectivity index (χ0v) is 8.66. The Labute approximate surface area is 79.6 Å². The van der Waals surface area contributed by atoms with Crippen molar-refractivity contribution in [1.82, 2.24) is 10.0 Å². The molecule has 1 rings (SSSR count). The molecule has 2 N–H and O–H groups in total. The highest BCUT2D eigenvalue weighted by molar-refractivity contribution is 5.78. The summed E-state index contributed by atoms with van der Waals surface area (Å²) < 4.78 is 0. The second-order valence-corrected chi connectivity index (χ2v) is 3.91. The lowest BCUT2D eigenvalue weighted by molar-refractivity contribution is -0.137. The monoisotopic (exact) mass is 185 g/mol. The van der Waals surface area contributed by atoms with Crippen molar-refractivity contribution in [2.75, 3.05) is 13.6 Å². The first-order valence-corrected chi connectivity index (χ1v) is 4.81. The maximum atomic E-state index is 11.5. The van der Waals surface area contributed by atoms with Gasteiger partial charge in [0, 0.05) is 32.1 Å². The number of hydrogen-bond acceptors (Lipinski definition) is 3. The van der Waals surface area contributed by atoms with E-state index in [1.807, 2.05) is 19.0 Å². The van der Waals surface area contributed by atoms with E-state index in [4.69, 9.17) is 5.73 Å². The molecule has 0 saturated carbocycles. The summed E-state index contributed by atoms with van der Waals surface area (Å²) in [6.45, 7) is 4.77. The van der Waals surface area contributed by atoms with E-state index in [0.29, 0.717) is 12.5 Å². The summed E-state index contributed by atoms with van der Waals surface area (Å²) in [6.07, 6.45) is 1.50. The maximum absolute atomic E-state index is 11.5. The molecule has 0 aromatic heterocycles. The van der Waals surface area contributed by atoms with E-state index in [-0.39, 0.29) is 11.9 Å². The van der Waals surface area contributed by atoms with Gasteiger partial charge in [-0.1, -0.05) is 0 Å². The summed E-state index contributed by atoms with van der Waals surface area (Å²) in [5.74, 6) is 0.218. The number of carbonyl (C=O) groups excluding carboxylic acids is 1. The molecule has 13 heavy (non-hydrogen) atoms. The Kier molecular flexibility index (Phi) is 3.27. The normalized spacial score (nSPS) is 26.9. The molecular formula is C9H19N3O. The van der Waals surface area contributed by atoms with Crippen molar-refractivity contribution in [3.05, 3.63) is 0 Å². The van der Waals surface area contributed by atoms with Crippen molar-refractivity contribution >= 4 is 5.91 Å². The Morgan fingerprint density at radius 2 is 2.31 bits per heavy atom. The van der Waals surface area contributed by atoms with Gasteiger partial charge in [-0.05, 0) is 20.3 Å². The molecule has 1 amide bonds. The van der Waals surface area contributed by atoms with Crippen LogP contribution in [0.1, 0.15) is 26.7 Å². The second-order valence-electron chi connectivity index (χ2n) is 3.91. The first kappa shape index (κ1) is 10.5. The Bertz CT molecular complexity index is 193. The van der Waals surface area contributed by atoms with Gasteiger partial charge in [0.25, 0.3) is 0 Å². The molecule has 0 aromatic rings. The lowest BCUT2D eigenvalue weighted by Gasteiger charge is -2.27. The zero-order valence-electron chi connectivity index (χ0n) is 8.66. The number of nitrogens with zero attached hydrogens (tertiary/aromatic N) is 2. The molecule has 2 atom stereocenters. The lowest BCUT2D eigenvalue weighted by atomic mass is 10.2. The van der Waals surface area contributed by atoms with Gasteiger partial charge >= 0.3 is 0 Å². The Morgan fingerprint density at radius 3 is 2.69 bits per heavy atom. The molecule has 76 valence electrons. The number of nitrogens with two attached hydrogens (primary N) is 1. The van der Waals surface area contributed by atoms with E-state index in [1.165, 1.54) is 0 Å². The molecule has 1 saturated heterocycles. The van der Waals surface area contributed by atoms with Crippen LogP contribution in [0.2, 0.25) is 0 Å². The summed E-state index contributed by atoms with van der Waals surface area (Å²) in [4.78, 5) is 11.5. The van der Waals surface area contributed by atoms with E-state index < -0.39 is 0 Å². The fraction of sp³-hybridized carbons (Fsp3) is 0.889. The van der Waals surface area contributed by atoms with E-state index in [0.717, 1.165) is 13.0 Å². The van der Waals surface area contributed by atoms with Crippen LogP contribution in [0.3, 0.4) is 0 Å². The summed E-state index contributed by atoms with van der Waals surface area (Å²) in [6, 6.07) is 0.498. The van der Waals surface area contributed by atoms with Crippen LogP contribution in [0.15, 0.2) is 0 Å². The third kappa shape index (κ3) is 2.42. The number of hydrogen-bond donors (Lipinski definition) is 1. The van der Waals surface area contributed by atoms with Crippen LogP contribution < -0.4 is 5.73 Å². The Hall–Kier alpha value is -0.610. The van der Waals surface area contributed by atoms with Gasteiger partial charge in [0.1, 0.15) is 0 Å². The first-order chi connectivity index (χ1) is 6.02. The van der Waals surface area contributed by atoms with Gasteiger partial charge in [-0.15, -0.1) is 0 Å². The van der Waals surface area contributed by atoms with E-state index in [9.17, 15) is 4.79 Å². The van der Waals surface area contributed by atoms with Crippen LogP contribution in [0.4, 0.5) is 0 Å². The summed E-state index contributed by atoms with van der Waals surface area (Å²) in [5, 5.41) is 3.80. The smallest absolute Gasteiger partial charge is 0.238 e. The first-order valence-electron chi connectivity index (χ1n) is 4.81. The van der Waals surface area contributed by atoms with Crippen LogP contribution in [0.5, 0.6) is 0 Å². The SMILES string of the molecule is CC(N)CCN1C(=O)CC(C)N1C. The van der Waals surface area contributed by atoms with Crippen molar-refractivity contribution in [3.8, 4) is 0 Å². The largest absolute Gasteiger partial charge is 0.328 e. The molecule has 1 aliphatic rings. The summed E-state index contributed by atoms with van der Waals surface area (Å²) >= 11 is 0. The van der Waals surface area contributed by atoms with Crippen LogP contribution in [-0.2, 0) is 4.79 Å². The topological polar surface area (TPSA) is 49.6 Å². The maximum Gasteiger partial charge on any atom is 0.238 e. The molecule has 1 aliphatic heterocycles. The number of amides is 1. The molecule has 4 nitrogen and oxygen atoms in total. The third-order valence-corrected chi connectivity index (χ3v) is 2.57. The molecular weight excluding hydrogens is 166 g/mol. The van der Waals surface area contributed by atoms with E-state index in [2.05, 4.69) is 6.92 Å². The van der Waals surface area contributed by atoms with E-state index in [1.54, 1.807) is 5.01 Å². The number of carbonyl (C=O) groups is 1. The third-order valence-electron chi connectivity index (χ3n) is 2.57. The van der Waals surface area contributed by atoms with Crippen molar-refractivity contribution < 1.29 is 4.79 Å². The van der Waals surface area contributed by atoms with Crippen LogP contribution in [0.25, 0.3) is 0 Å². The molecule has 1 fully saturated rings. The van der Waals surface area contributed by atoms with Gasteiger partial charge in [0.2, 0.25) is 5.91 Å². The van der Waals surface area contributed by atoms with E-state index >= 15 is 0 Å². The summed E-state index contributed by atoms with van der Waals surface area (Å²) in [5.41, 5.74) is 5.64. The highest BCUT2D eigenvalue weighted by atomic mass is 16.2. The highest BCUT2D eigenvalue weighted by Gasteiger charge is 2.31. The molecule has 0 aromatic carbocycles. The molecule has 0 aliphatic carbocycles. The fourth-order valence-corrected chi connectivity index (χ4v) is 1.51. The number of hydrazine groups is 1. The average Bonchev–Trinajstić information content (AvgIpc) is 2.24. The molecule has 1 heterocycles. The van der Waals surface area contributed by atoms with Crippen molar-refractivity contribution in [3.63, 3.8) is 0 Å². The quantitative estimate of drug-likeness (QED) is 0.683. The van der Waals surface area contributed by atoms with Gasteiger partial charge in [-0.3, -0.25) is 9.80 Å². The molecule has 2 unspecified atom stereocenters. The van der Waals surface area contributed by atoms with Gasteiger partial charge < -0.3 is 5.73 Å². The predicted octanol–water partition coefficient (Wildman–Crippen LogP) is 0.191. The molecule has 0 radical (unpaired) electrons. The molecule has 0 bridgehead atoms. The predicted molar refractivity (Wildman–Crippen MR) is 51.8 cm³/mol. The van der Waals surface area contributed by atoms with Gasteiger partial charge in [0.05, 0.1) is 0 Å². The number of rotatable bonds is 3. The van der Waals surface area contributed by atoms with Gasteiger partial charge in [-0.25, -0.2) is 5.01 Å². The van der Waals surface area contributed by atoms with Crippen LogP contribution >= 0.6 is 0 Å². The second kappa shape index (κ2) is 4.07. The minimum Gasteiger partial charge on any atom is -0.328 e. The zero-order chi connectivity index (χ0) is 10.0. The summed E-state index contributed by atoms with van der Waals surface area (Å²) in [7, 11) is 1.96. The van der Waals surface area contributed by atoms with Crippen molar-refractivity contribution in [1.29, 1.82) is 0 Å². The van der Waals surface area contributed by atoms with Crippen LogP contribution in [-0.4, -0.2) is 41.6 Å². The molecule has 4 heteroatoms. The standard InChI is InChI=1S/C9H19N3O/c1-7(10)4-5-12-9(13)6-8(2)11(12)3/h7-8H,4-6,10H2,1-3H3. The minimum absolute atomic E-state index is 0.164. The minimum atomic E-state index is 0.164. The van der Waals surface area contributed by atoms with Crippen LogP contribution in [0, 0.1) is 0 Å². The molecule has 0 spiro atoms. The van der Waals surface area contributed by atoms with Gasteiger partial charge in [-0.2, -0.15) is 0 Å². The van der Waals surface area contributed by atoms with Crippen molar-refractivity contribution in [2.24, 2.45) is 5.73 Å². The lowest BCUT2D eigenvalue weighted by Crippen LogP contribution is -2.40. The highest BCUT2D eigenvalue weighted by Crippen LogP contribution is 2.17. The fourth-order valence-electron chi connectivity index (χ4n) is 1.51. The Morgan fingerprint density at radius 1 is 1.69 bits per heavy atom. The average molecular weight is 185 g/mol. The van der Waals surface area contributed by atoms with Gasteiger partial charge in [0.15, 0.2) is 0 Å². The van der Waals surface area contributed by atoms with Crippen molar-refractivity contribution in [2.45, 2.75) is 38.8 Å². The Balaban J connectivity index is 2.44.